The number of rotatable bonds is 3. The van der Waals surface area contributed by atoms with E-state index in [2.05, 4.69) is 43.8 Å². The molecular weight excluding hydrogens is 304 g/mol. The Labute approximate surface area is 123 Å². The molecule has 4 N–H and O–H groups in total. The van der Waals surface area contributed by atoms with Crippen LogP contribution in [-0.2, 0) is 6.54 Å². The van der Waals surface area contributed by atoms with Gasteiger partial charge in [-0.05, 0) is 30.5 Å². The van der Waals surface area contributed by atoms with Gasteiger partial charge in [0.05, 0.1) is 6.54 Å². The van der Waals surface area contributed by atoms with E-state index in [0.29, 0.717) is 18.5 Å². The fraction of sp³-hybridized carbons (Fsp3) is 0.500. The maximum absolute atomic E-state index is 5.53. The number of halogens is 1. The smallest absolute Gasteiger partial charge is 0.206 e. The Morgan fingerprint density at radius 1 is 1.32 bits per heavy atom. The Hall–Kier alpha value is -1.07. The van der Waals surface area contributed by atoms with E-state index in [-0.39, 0.29) is 0 Å². The van der Waals surface area contributed by atoms with Gasteiger partial charge in [0, 0.05) is 10.5 Å². The van der Waals surface area contributed by atoms with Crippen molar-refractivity contribution in [1.29, 1.82) is 0 Å². The average molecular weight is 325 g/mol. The Morgan fingerprint density at radius 3 is 2.79 bits per heavy atom. The van der Waals surface area contributed by atoms with E-state index >= 15 is 0 Å². The number of hydrazine groups is 1. The van der Waals surface area contributed by atoms with Crippen molar-refractivity contribution in [3.05, 3.63) is 34.3 Å². The molecule has 104 valence electrons. The summed E-state index contributed by atoms with van der Waals surface area (Å²) >= 11 is 3.46. The summed E-state index contributed by atoms with van der Waals surface area (Å²) in [7, 11) is 0. The van der Waals surface area contributed by atoms with Crippen LogP contribution < -0.4 is 16.6 Å². The van der Waals surface area contributed by atoms with Crippen LogP contribution in [0.15, 0.2) is 33.7 Å². The molecule has 1 aliphatic carbocycles. The van der Waals surface area contributed by atoms with Gasteiger partial charge in [-0.2, -0.15) is 0 Å². The number of guanidine groups is 1. The third-order valence-electron chi connectivity index (χ3n) is 3.39. The quantitative estimate of drug-likeness (QED) is 0.347. The summed E-state index contributed by atoms with van der Waals surface area (Å²) in [5.74, 6) is 6.22. The number of nitrogens with one attached hydrogen (secondary N) is 2. The van der Waals surface area contributed by atoms with E-state index in [0.717, 1.165) is 10.0 Å². The zero-order valence-electron chi connectivity index (χ0n) is 11.0. The molecule has 0 saturated heterocycles. The van der Waals surface area contributed by atoms with Crippen LogP contribution in [0.3, 0.4) is 0 Å². The molecule has 1 aromatic rings. The molecule has 2 rings (SSSR count). The minimum atomic E-state index is 0.506. The molecule has 0 bridgehead atoms. The molecule has 1 aromatic carbocycles. The molecule has 5 heteroatoms. The minimum Gasteiger partial charge on any atom is -0.353 e. The maximum atomic E-state index is 5.53. The molecule has 0 heterocycles. The molecule has 0 radical (unpaired) electrons. The molecule has 0 aliphatic heterocycles. The van der Waals surface area contributed by atoms with Crippen LogP contribution in [0.25, 0.3) is 0 Å². The second-order valence-electron chi connectivity index (χ2n) is 4.92. The zero-order valence-corrected chi connectivity index (χ0v) is 12.6. The molecule has 1 saturated carbocycles. The standard InChI is InChI=1S/C14H21BrN4/c15-12-6-4-5-11(9-12)10-17-14(19-16)18-13-7-2-1-3-8-13/h4-6,9,13H,1-3,7-8,10,16H2,(H2,17,18,19). The van der Waals surface area contributed by atoms with E-state index in [9.17, 15) is 0 Å². The van der Waals surface area contributed by atoms with Crippen LogP contribution in [0.4, 0.5) is 0 Å². The first kappa shape index (κ1) is 14.3. The predicted octanol–water partition coefficient (Wildman–Crippen LogP) is 2.69. The van der Waals surface area contributed by atoms with Crippen LogP contribution in [0.5, 0.6) is 0 Å². The lowest BCUT2D eigenvalue weighted by atomic mass is 9.96. The van der Waals surface area contributed by atoms with Crippen molar-refractivity contribution in [3.8, 4) is 0 Å². The highest BCUT2D eigenvalue weighted by atomic mass is 79.9. The molecule has 0 atom stereocenters. The first-order valence-electron chi connectivity index (χ1n) is 6.80. The molecule has 0 amide bonds. The van der Waals surface area contributed by atoms with E-state index in [1.54, 1.807) is 0 Å². The molecule has 1 fully saturated rings. The first-order valence-corrected chi connectivity index (χ1v) is 7.59. The maximum Gasteiger partial charge on any atom is 0.206 e. The van der Waals surface area contributed by atoms with Crippen molar-refractivity contribution in [2.75, 3.05) is 0 Å². The zero-order chi connectivity index (χ0) is 13.5. The number of hydrogen-bond acceptors (Lipinski definition) is 2. The average Bonchev–Trinajstić information content (AvgIpc) is 2.44. The third kappa shape index (κ3) is 4.84. The van der Waals surface area contributed by atoms with Gasteiger partial charge in [0.25, 0.3) is 0 Å². The molecular formula is C14H21BrN4. The highest BCUT2D eigenvalue weighted by Crippen LogP contribution is 2.17. The Morgan fingerprint density at radius 2 is 2.11 bits per heavy atom. The molecule has 0 aromatic heterocycles. The number of hydrogen-bond donors (Lipinski definition) is 3. The summed E-state index contributed by atoms with van der Waals surface area (Å²) in [6, 6.07) is 8.65. The Balaban J connectivity index is 1.91. The highest BCUT2D eigenvalue weighted by molar-refractivity contribution is 9.10. The number of aliphatic imine (C=N–C) groups is 1. The monoisotopic (exact) mass is 324 g/mol. The number of benzene rings is 1. The van der Waals surface area contributed by atoms with Crippen molar-refractivity contribution < 1.29 is 0 Å². The topological polar surface area (TPSA) is 62.4 Å². The summed E-state index contributed by atoms with van der Waals surface area (Å²) < 4.78 is 1.07. The first-order chi connectivity index (χ1) is 9.28. The van der Waals surface area contributed by atoms with Gasteiger partial charge in [0.1, 0.15) is 0 Å². The van der Waals surface area contributed by atoms with Crippen molar-refractivity contribution in [2.45, 2.75) is 44.7 Å². The van der Waals surface area contributed by atoms with Crippen LogP contribution in [0.2, 0.25) is 0 Å². The number of nitrogens with two attached hydrogens (primary N) is 1. The Bertz CT molecular complexity index is 427. The van der Waals surface area contributed by atoms with Crippen LogP contribution >= 0.6 is 15.9 Å². The third-order valence-corrected chi connectivity index (χ3v) is 3.88. The van der Waals surface area contributed by atoms with Gasteiger partial charge < -0.3 is 5.32 Å². The van der Waals surface area contributed by atoms with Gasteiger partial charge in [-0.25, -0.2) is 10.8 Å². The molecule has 19 heavy (non-hydrogen) atoms. The number of nitrogens with zero attached hydrogens (tertiary/aromatic N) is 1. The van der Waals surface area contributed by atoms with E-state index in [1.807, 2.05) is 12.1 Å². The summed E-state index contributed by atoms with van der Waals surface area (Å²) in [6.45, 7) is 0.624. The van der Waals surface area contributed by atoms with E-state index in [4.69, 9.17) is 5.84 Å². The minimum absolute atomic E-state index is 0.506. The second-order valence-corrected chi connectivity index (χ2v) is 5.83. The lowest BCUT2D eigenvalue weighted by Gasteiger charge is -2.24. The highest BCUT2D eigenvalue weighted by Gasteiger charge is 2.13. The Kier molecular flexibility index (Phi) is 5.66. The van der Waals surface area contributed by atoms with E-state index in [1.165, 1.54) is 32.1 Å². The summed E-state index contributed by atoms with van der Waals surface area (Å²) in [5, 5.41) is 3.39. The molecule has 0 unspecified atom stereocenters. The summed E-state index contributed by atoms with van der Waals surface area (Å²) in [5.41, 5.74) is 3.82. The van der Waals surface area contributed by atoms with Crippen molar-refractivity contribution in [3.63, 3.8) is 0 Å². The fourth-order valence-electron chi connectivity index (χ4n) is 2.38. The lowest BCUT2D eigenvalue weighted by Crippen LogP contribution is -2.47. The van der Waals surface area contributed by atoms with Gasteiger partial charge in [0.15, 0.2) is 0 Å². The second kappa shape index (κ2) is 7.50. The van der Waals surface area contributed by atoms with Crippen molar-refractivity contribution in [1.82, 2.24) is 10.7 Å². The largest absolute Gasteiger partial charge is 0.353 e. The molecule has 1 aliphatic rings. The van der Waals surface area contributed by atoms with Crippen LogP contribution in [0, 0.1) is 0 Å². The van der Waals surface area contributed by atoms with Crippen LogP contribution in [-0.4, -0.2) is 12.0 Å². The van der Waals surface area contributed by atoms with Gasteiger partial charge in [-0.3, -0.25) is 5.43 Å². The summed E-state index contributed by atoms with van der Waals surface area (Å²) in [4.78, 5) is 4.50. The SMILES string of the molecule is NNC(=NCc1cccc(Br)c1)NC1CCCCC1. The normalized spacial score (nSPS) is 17.3. The fourth-order valence-corrected chi connectivity index (χ4v) is 2.83. The predicted molar refractivity (Wildman–Crippen MR) is 82.6 cm³/mol. The molecule has 4 nitrogen and oxygen atoms in total. The van der Waals surface area contributed by atoms with Crippen LogP contribution in [0.1, 0.15) is 37.7 Å². The summed E-state index contributed by atoms with van der Waals surface area (Å²) in [6.07, 6.45) is 6.34. The van der Waals surface area contributed by atoms with Gasteiger partial charge in [-0.15, -0.1) is 0 Å². The molecule has 0 spiro atoms. The lowest BCUT2D eigenvalue weighted by molar-refractivity contribution is 0.410. The van der Waals surface area contributed by atoms with Crippen molar-refractivity contribution in [2.24, 2.45) is 10.8 Å². The van der Waals surface area contributed by atoms with Gasteiger partial charge in [0.2, 0.25) is 5.96 Å². The van der Waals surface area contributed by atoms with Crippen molar-refractivity contribution >= 4 is 21.9 Å². The van der Waals surface area contributed by atoms with Gasteiger partial charge in [-0.1, -0.05) is 47.3 Å². The van der Waals surface area contributed by atoms with E-state index < -0.39 is 0 Å². The van der Waals surface area contributed by atoms with Gasteiger partial charge >= 0.3 is 0 Å².